The van der Waals surface area contributed by atoms with E-state index in [2.05, 4.69) is 46.2 Å². The minimum Gasteiger partial charge on any atom is -0.493 e. The molecule has 4 rings (SSSR count). The SMILES string of the molecule is CCOc1cc(C(C)(C)C)ncc1C(=NC(C)(C)C1C=CC(Cl)=CC1)N(Cc1ccc(Cl)cc1)C(=O)N1CCC(CC(=O)NOC)CC1. The summed E-state index contributed by atoms with van der Waals surface area (Å²) in [4.78, 5) is 45.6. The highest BCUT2D eigenvalue weighted by Crippen LogP contribution is 2.35. The summed E-state index contributed by atoms with van der Waals surface area (Å²) < 4.78 is 6.26. The van der Waals surface area contributed by atoms with Gasteiger partial charge in [-0.3, -0.25) is 24.5 Å². The summed E-state index contributed by atoms with van der Waals surface area (Å²) in [5, 5.41) is 1.32. The standard InChI is InChI=1S/C37H49Cl2N5O4/c1-8-48-31-22-32(36(2,3)4)40-23-30(31)34(41-37(5,6)27-11-15-29(39)16-12-27)44(24-26-9-13-28(38)14-10-26)35(46)43-19-17-25(18-20-43)21-33(45)42-47-7/h9-11,13-16,22-23,25,27H,8,12,17-21,24H2,1-7H3,(H,42,45). The Morgan fingerprint density at radius 2 is 1.79 bits per heavy atom. The van der Waals surface area contributed by atoms with Crippen molar-refractivity contribution in [2.24, 2.45) is 16.8 Å². The zero-order valence-electron chi connectivity index (χ0n) is 29.2. The summed E-state index contributed by atoms with van der Waals surface area (Å²) in [7, 11) is 1.43. The van der Waals surface area contributed by atoms with E-state index in [1.54, 1.807) is 11.1 Å². The van der Waals surface area contributed by atoms with E-state index in [0.717, 1.165) is 11.3 Å². The predicted octanol–water partition coefficient (Wildman–Crippen LogP) is 8.06. The Morgan fingerprint density at radius 3 is 2.38 bits per heavy atom. The summed E-state index contributed by atoms with van der Waals surface area (Å²) in [5.41, 5.74) is 3.96. The van der Waals surface area contributed by atoms with E-state index in [-0.39, 0.29) is 35.7 Å². The summed E-state index contributed by atoms with van der Waals surface area (Å²) in [6.07, 6.45) is 10.2. The quantitative estimate of drug-likeness (QED) is 0.154. The van der Waals surface area contributed by atoms with Crippen LogP contribution in [0.1, 0.15) is 84.0 Å². The first-order valence-corrected chi connectivity index (χ1v) is 17.4. The Morgan fingerprint density at radius 1 is 1.10 bits per heavy atom. The Balaban J connectivity index is 1.82. The molecule has 0 saturated carbocycles. The number of ether oxygens (including phenoxy) is 1. The smallest absolute Gasteiger partial charge is 0.325 e. The van der Waals surface area contributed by atoms with E-state index in [0.29, 0.717) is 72.6 Å². The van der Waals surface area contributed by atoms with Crippen LogP contribution in [0.5, 0.6) is 5.75 Å². The molecule has 1 saturated heterocycles. The second kappa shape index (κ2) is 16.3. The molecule has 0 bridgehead atoms. The molecule has 1 aromatic carbocycles. The van der Waals surface area contributed by atoms with Crippen molar-refractivity contribution >= 4 is 41.0 Å². The predicted molar refractivity (Wildman–Crippen MR) is 192 cm³/mol. The number of carbonyl (C=O) groups is 2. The molecule has 1 N–H and O–H groups in total. The number of carbonyl (C=O) groups excluding carboxylic acids is 2. The molecule has 260 valence electrons. The maximum absolute atomic E-state index is 14.8. The van der Waals surface area contributed by atoms with E-state index in [4.69, 9.17) is 42.8 Å². The number of urea groups is 1. The lowest BCUT2D eigenvalue weighted by atomic mass is 9.83. The number of benzene rings is 1. The molecule has 9 nitrogen and oxygen atoms in total. The topological polar surface area (TPSA) is 96.4 Å². The lowest BCUT2D eigenvalue weighted by Crippen LogP contribution is -2.50. The monoisotopic (exact) mass is 697 g/mol. The molecule has 3 amide bonds. The third kappa shape index (κ3) is 9.83. The van der Waals surface area contributed by atoms with E-state index in [9.17, 15) is 9.59 Å². The number of piperidine rings is 1. The van der Waals surface area contributed by atoms with Gasteiger partial charge in [0.05, 0.1) is 31.4 Å². The van der Waals surface area contributed by atoms with Crippen LogP contribution in [0.15, 0.2) is 64.8 Å². The van der Waals surface area contributed by atoms with Gasteiger partial charge in [-0.1, -0.05) is 68.3 Å². The van der Waals surface area contributed by atoms with Gasteiger partial charge in [-0.05, 0) is 69.7 Å². The Hall–Kier alpha value is -3.40. The molecule has 1 atom stereocenters. The number of aromatic nitrogens is 1. The number of aliphatic imine (C=N–C) groups is 1. The van der Waals surface area contributed by atoms with Crippen LogP contribution in [-0.4, -0.2) is 64.9 Å². The first kappa shape index (κ1) is 37.4. The maximum Gasteiger partial charge on any atom is 0.325 e. The molecule has 1 fully saturated rings. The zero-order chi connectivity index (χ0) is 35.1. The van der Waals surface area contributed by atoms with Crippen molar-refractivity contribution in [2.45, 2.75) is 84.7 Å². The summed E-state index contributed by atoms with van der Waals surface area (Å²) in [6, 6.07) is 9.28. The molecular weight excluding hydrogens is 649 g/mol. The van der Waals surface area contributed by atoms with Crippen molar-refractivity contribution in [3.05, 3.63) is 81.6 Å². The van der Waals surface area contributed by atoms with Crippen molar-refractivity contribution in [2.75, 3.05) is 26.8 Å². The van der Waals surface area contributed by atoms with Gasteiger partial charge in [-0.2, -0.15) is 0 Å². The number of likely N-dealkylation sites (tertiary alicyclic amines) is 1. The minimum absolute atomic E-state index is 0.0360. The summed E-state index contributed by atoms with van der Waals surface area (Å²) in [6.45, 7) is 14.1. The van der Waals surface area contributed by atoms with Gasteiger partial charge in [0.15, 0.2) is 0 Å². The Labute approximate surface area is 295 Å². The molecule has 11 heteroatoms. The molecule has 0 radical (unpaired) electrons. The molecule has 48 heavy (non-hydrogen) atoms. The normalized spacial score (nSPS) is 17.6. The van der Waals surface area contributed by atoms with Crippen LogP contribution in [0.3, 0.4) is 0 Å². The molecule has 1 aliphatic heterocycles. The third-order valence-electron chi connectivity index (χ3n) is 8.85. The molecule has 0 spiro atoms. The van der Waals surface area contributed by atoms with Gasteiger partial charge >= 0.3 is 6.03 Å². The van der Waals surface area contributed by atoms with Crippen LogP contribution >= 0.6 is 23.2 Å². The van der Waals surface area contributed by atoms with Crippen LogP contribution < -0.4 is 10.2 Å². The van der Waals surface area contributed by atoms with Crippen molar-refractivity contribution < 1.29 is 19.2 Å². The summed E-state index contributed by atoms with van der Waals surface area (Å²) >= 11 is 12.5. The van der Waals surface area contributed by atoms with E-state index in [1.165, 1.54) is 7.11 Å². The van der Waals surface area contributed by atoms with Crippen LogP contribution in [0, 0.1) is 11.8 Å². The molecule has 1 unspecified atom stereocenters. The second-order valence-electron chi connectivity index (χ2n) is 14.0. The van der Waals surface area contributed by atoms with Crippen LogP contribution in [0.25, 0.3) is 0 Å². The number of nitrogens with one attached hydrogen (secondary N) is 1. The van der Waals surface area contributed by atoms with Gasteiger partial charge in [0.25, 0.3) is 0 Å². The Bertz CT molecular complexity index is 1520. The highest BCUT2D eigenvalue weighted by molar-refractivity contribution is 6.31. The molecule has 1 aliphatic carbocycles. The van der Waals surface area contributed by atoms with Crippen LogP contribution in [0.4, 0.5) is 4.79 Å². The van der Waals surface area contributed by atoms with Crippen molar-refractivity contribution in [3.63, 3.8) is 0 Å². The fourth-order valence-electron chi connectivity index (χ4n) is 5.95. The molecule has 1 aromatic heterocycles. The third-order valence-corrected chi connectivity index (χ3v) is 9.38. The van der Waals surface area contributed by atoms with E-state index >= 15 is 0 Å². The van der Waals surface area contributed by atoms with Crippen molar-refractivity contribution in [1.29, 1.82) is 0 Å². The van der Waals surface area contributed by atoms with E-state index in [1.807, 2.05) is 54.3 Å². The van der Waals surface area contributed by atoms with Gasteiger partial charge < -0.3 is 9.64 Å². The summed E-state index contributed by atoms with van der Waals surface area (Å²) in [5.74, 6) is 1.12. The number of hydroxylamine groups is 1. The van der Waals surface area contributed by atoms with Gasteiger partial charge in [0.2, 0.25) is 5.91 Å². The number of allylic oxidation sites excluding steroid dienone is 3. The highest BCUT2D eigenvalue weighted by atomic mass is 35.5. The van der Waals surface area contributed by atoms with Gasteiger partial charge in [0.1, 0.15) is 11.6 Å². The first-order chi connectivity index (χ1) is 22.7. The molecule has 2 heterocycles. The fourth-order valence-corrected chi connectivity index (χ4v) is 6.24. The van der Waals surface area contributed by atoms with Gasteiger partial charge in [-0.25, -0.2) is 10.3 Å². The van der Waals surface area contributed by atoms with Gasteiger partial charge in [0, 0.05) is 58.9 Å². The number of pyridine rings is 1. The second-order valence-corrected chi connectivity index (χ2v) is 14.9. The number of nitrogens with zero attached hydrogens (tertiary/aromatic N) is 4. The lowest BCUT2D eigenvalue weighted by molar-refractivity contribution is -0.132. The van der Waals surface area contributed by atoms with E-state index < -0.39 is 5.54 Å². The van der Waals surface area contributed by atoms with Crippen molar-refractivity contribution in [3.8, 4) is 5.75 Å². The van der Waals surface area contributed by atoms with Crippen molar-refractivity contribution in [1.82, 2.24) is 20.3 Å². The molecule has 2 aromatic rings. The number of hydrogen-bond acceptors (Lipinski definition) is 6. The average Bonchev–Trinajstić information content (AvgIpc) is 3.04. The largest absolute Gasteiger partial charge is 0.493 e. The molecule has 2 aliphatic rings. The highest BCUT2D eigenvalue weighted by Gasteiger charge is 2.35. The number of hydrogen-bond donors (Lipinski definition) is 1. The minimum atomic E-state index is -0.633. The lowest BCUT2D eigenvalue weighted by Gasteiger charge is -2.38. The van der Waals surface area contributed by atoms with Crippen LogP contribution in [0.2, 0.25) is 5.02 Å². The first-order valence-electron chi connectivity index (χ1n) is 16.6. The molecular formula is C37H49Cl2N5O4. The van der Waals surface area contributed by atoms with Gasteiger partial charge in [-0.15, -0.1) is 0 Å². The Kier molecular flexibility index (Phi) is 12.7. The number of amidine groups is 1. The van der Waals surface area contributed by atoms with Crippen LogP contribution in [-0.2, 0) is 21.6 Å². The average molecular weight is 699 g/mol. The zero-order valence-corrected chi connectivity index (χ0v) is 30.7. The number of amides is 3. The fraction of sp³-hybridized carbons (Fsp3) is 0.514. The maximum atomic E-state index is 14.8. The number of halogens is 2. The number of rotatable bonds is 10.